The van der Waals surface area contributed by atoms with Gasteiger partial charge in [-0.05, 0) is 27.7 Å². The molecule has 0 aliphatic heterocycles. The highest BCUT2D eigenvalue weighted by molar-refractivity contribution is 7.87. The maximum Gasteiger partial charge on any atom is 0.254 e. The summed E-state index contributed by atoms with van der Waals surface area (Å²) >= 11 is 0. The summed E-state index contributed by atoms with van der Waals surface area (Å²) in [5.41, 5.74) is -0.769. The maximum atomic E-state index is 11.7. The van der Waals surface area contributed by atoms with Gasteiger partial charge in [0.2, 0.25) is 0 Å². The third-order valence-corrected chi connectivity index (χ3v) is 3.52. The molecule has 0 aliphatic carbocycles. The molecular formula is C10H16N2O3S. The van der Waals surface area contributed by atoms with E-state index in [1.807, 2.05) is 6.92 Å². The summed E-state index contributed by atoms with van der Waals surface area (Å²) in [5.74, 6) is 0. The van der Waals surface area contributed by atoms with Crippen LogP contribution in [0.15, 0.2) is 9.59 Å². The van der Waals surface area contributed by atoms with E-state index in [1.54, 1.807) is 20.8 Å². The van der Waals surface area contributed by atoms with Crippen molar-refractivity contribution >= 4 is 22.4 Å². The Labute approximate surface area is 96.5 Å². The minimum Gasteiger partial charge on any atom is -0.380 e. The molecular weight excluding hydrogens is 228 g/mol. The lowest BCUT2D eigenvalue weighted by molar-refractivity contribution is 0.653. The van der Waals surface area contributed by atoms with Crippen molar-refractivity contribution in [1.29, 1.82) is 0 Å². The van der Waals surface area contributed by atoms with Gasteiger partial charge in [0.25, 0.3) is 10.9 Å². The number of anilines is 2. The van der Waals surface area contributed by atoms with Crippen LogP contribution in [0, 0.1) is 0 Å². The van der Waals surface area contributed by atoms with Crippen molar-refractivity contribution in [3.63, 3.8) is 0 Å². The molecule has 0 aliphatic rings. The van der Waals surface area contributed by atoms with Crippen LogP contribution in [0.1, 0.15) is 27.7 Å². The molecule has 0 spiro atoms. The molecule has 0 bridgehead atoms. The summed E-state index contributed by atoms with van der Waals surface area (Å²) in [6.45, 7) is 7.72. The Bertz CT molecular complexity index is 481. The van der Waals surface area contributed by atoms with Gasteiger partial charge in [-0.3, -0.25) is 14.3 Å². The third kappa shape index (κ3) is 2.32. The van der Waals surface area contributed by atoms with Gasteiger partial charge in [0.05, 0.1) is 4.75 Å². The first-order valence-electron chi connectivity index (χ1n) is 5.04. The van der Waals surface area contributed by atoms with Crippen molar-refractivity contribution < 1.29 is 4.21 Å². The van der Waals surface area contributed by atoms with Gasteiger partial charge in [0.15, 0.2) is 0 Å². The quantitative estimate of drug-likeness (QED) is 0.760. The summed E-state index contributed by atoms with van der Waals surface area (Å²) in [4.78, 5) is 22.4. The van der Waals surface area contributed by atoms with Crippen LogP contribution in [0.3, 0.4) is 0 Å². The van der Waals surface area contributed by atoms with Crippen LogP contribution < -0.4 is 20.9 Å². The summed E-state index contributed by atoms with van der Waals surface area (Å²) in [7, 11) is -1.40. The first-order valence-corrected chi connectivity index (χ1v) is 6.19. The second-order valence-electron chi connectivity index (χ2n) is 4.42. The lowest BCUT2D eigenvalue weighted by Gasteiger charge is -2.20. The molecule has 0 fully saturated rings. The monoisotopic (exact) mass is 244 g/mol. The topological polar surface area (TPSA) is 75.3 Å². The second-order valence-corrected chi connectivity index (χ2v) is 6.39. The molecule has 1 aromatic carbocycles. The Kier molecular flexibility index (Phi) is 3.52. The highest BCUT2D eigenvalue weighted by Gasteiger charge is 2.26. The van der Waals surface area contributed by atoms with E-state index >= 15 is 0 Å². The van der Waals surface area contributed by atoms with Crippen molar-refractivity contribution in [2.24, 2.45) is 0 Å². The number of rotatable bonds is 4. The molecule has 1 rings (SSSR count). The molecule has 0 radical (unpaired) electrons. The summed E-state index contributed by atoms with van der Waals surface area (Å²) < 4.78 is 13.9. The fraction of sp³-hybridized carbons (Fsp3) is 0.600. The predicted octanol–water partition coefficient (Wildman–Crippen LogP) is 0.588. The largest absolute Gasteiger partial charge is 0.380 e. The molecule has 1 aromatic rings. The smallest absolute Gasteiger partial charge is 0.254 e. The fourth-order valence-electron chi connectivity index (χ4n) is 1.08. The first kappa shape index (κ1) is 12.9. The van der Waals surface area contributed by atoms with E-state index in [-0.39, 0.29) is 11.4 Å². The van der Waals surface area contributed by atoms with Gasteiger partial charge in [0.1, 0.15) is 22.4 Å². The summed E-state index contributed by atoms with van der Waals surface area (Å²) in [6, 6.07) is 0. The van der Waals surface area contributed by atoms with Crippen LogP contribution >= 0.6 is 0 Å². The zero-order valence-corrected chi connectivity index (χ0v) is 10.7. The Morgan fingerprint density at radius 2 is 1.62 bits per heavy atom. The van der Waals surface area contributed by atoms with E-state index in [9.17, 15) is 13.8 Å². The van der Waals surface area contributed by atoms with Crippen molar-refractivity contribution in [3.05, 3.63) is 20.4 Å². The Morgan fingerprint density at radius 3 is 2.06 bits per heavy atom. The van der Waals surface area contributed by atoms with E-state index in [4.69, 9.17) is 0 Å². The lowest BCUT2D eigenvalue weighted by Crippen LogP contribution is -2.40. The molecule has 6 heteroatoms. The van der Waals surface area contributed by atoms with Gasteiger partial charge in [-0.2, -0.15) is 0 Å². The Hall–Kier alpha value is -1.17. The van der Waals surface area contributed by atoms with Crippen molar-refractivity contribution in [1.82, 2.24) is 0 Å². The molecule has 5 nitrogen and oxygen atoms in total. The van der Waals surface area contributed by atoms with Gasteiger partial charge in [-0.15, -0.1) is 0 Å². The number of nitrogens with one attached hydrogen (secondary N) is 2. The fourth-order valence-corrected chi connectivity index (χ4v) is 1.77. The average Bonchev–Trinajstić information content (AvgIpc) is 2.20. The predicted molar refractivity (Wildman–Crippen MR) is 67.0 cm³/mol. The maximum absolute atomic E-state index is 11.7. The molecule has 0 saturated carbocycles. The van der Waals surface area contributed by atoms with Gasteiger partial charge in [-0.1, -0.05) is 0 Å². The first-order chi connectivity index (χ1) is 7.29. The summed E-state index contributed by atoms with van der Waals surface area (Å²) in [5, 5.41) is 2.78. The standard InChI is InChI=1S/C10H16N2O3S/c1-5-11-6-7(9(14)8(6)13)12-16(15)10(2,3)4/h11-12H,5H2,1-4H3. The number of hydrogen-bond acceptors (Lipinski definition) is 4. The van der Waals surface area contributed by atoms with E-state index < -0.39 is 26.6 Å². The molecule has 90 valence electrons. The highest BCUT2D eigenvalue weighted by Crippen LogP contribution is 2.19. The minimum atomic E-state index is -1.40. The van der Waals surface area contributed by atoms with Crippen LogP contribution in [-0.2, 0) is 11.0 Å². The van der Waals surface area contributed by atoms with Gasteiger partial charge < -0.3 is 5.32 Å². The lowest BCUT2D eigenvalue weighted by atomic mass is 10.2. The highest BCUT2D eigenvalue weighted by atomic mass is 32.2. The van der Waals surface area contributed by atoms with Gasteiger partial charge in [0, 0.05) is 6.54 Å². The van der Waals surface area contributed by atoms with Crippen LogP contribution in [0.2, 0.25) is 0 Å². The van der Waals surface area contributed by atoms with Gasteiger partial charge >= 0.3 is 0 Å². The molecule has 0 saturated heterocycles. The van der Waals surface area contributed by atoms with E-state index in [0.717, 1.165) is 0 Å². The van der Waals surface area contributed by atoms with E-state index in [0.29, 0.717) is 6.54 Å². The number of hydrogen-bond donors (Lipinski definition) is 2. The molecule has 1 unspecified atom stereocenters. The van der Waals surface area contributed by atoms with Crippen molar-refractivity contribution in [3.8, 4) is 0 Å². The van der Waals surface area contributed by atoms with Crippen LogP contribution in [0.5, 0.6) is 0 Å². The van der Waals surface area contributed by atoms with E-state index in [1.165, 1.54) is 0 Å². The molecule has 1 atom stereocenters. The summed E-state index contributed by atoms with van der Waals surface area (Å²) in [6.07, 6.45) is 0. The van der Waals surface area contributed by atoms with Crippen LogP contribution in [0.25, 0.3) is 0 Å². The molecule has 0 aromatic heterocycles. The molecule has 0 amide bonds. The van der Waals surface area contributed by atoms with Crippen molar-refractivity contribution in [2.75, 3.05) is 16.6 Å². The molecule has 16 heavy (non-hydrogen) atoms. The zero-order valence-electron chi connectivity index (χ0n) is 9.84. The molecule has 0 heterocycles. The molecule has 2 N–H and O–H groups in total. The van der Waals surface area contributed by atoms with Crippen LogP contribution in [-0.4, -0.2) is 15.5 Å². The third-order valence-electron chi connectivity index (χ3n) is 2.01. The van der Waals surface area contributed by atoms with Crippen LogP contribution in [0.4, 0.5) is 11.4 Å². The Morgan fingerprint density at radius 1 is 1.12 bits per heavy atom. The average molecular weight is 244 g/mol. The zero-order chi connectivity index (χ0) is 12.5. The van der Waals surface area contributed by atoms with Gasteiger partial charge in [-0.25, -0.2) is 4.21 Å². The second kappa shape index (κ2) is 4.37. The SMILES string of the molecule is CCNc1c(NS(=O)C(C)(C)C)c(=O)c1=O. The van der Waals surface area contributed by atoms with Crippen molar-refractivity contribution in [2.45, 2.75) is 32.4 Å². The Balaban J connectivity index is 2.91. The normalized spacial score (nSPS) is 13.8. The minimum absolute atomic E-state index is 0.139. The van der Waals surface area contributed by atoms with E-state index in [2.05, 4.69) is 10.0 Å².